The highest BCUT2D eigenvalue weighted by Gasteiger charge is 2.09. The number of benzene rings is 1. The molecule has 0 heterocycles. The predicted octanol–water partition coefficient (Wildman–Crippen LogP) is 3.72. The van der Waals surface area contributed by atoms with Gasteiger partial charge in [-0.3, -0.25) is 9.59 Å². The molecule has 21 heavy (non-hydrogen) atoms. The SMILES string of the molecule is CCCCOC(=O)CCCC(=O)Oc1cc(C)ccc1C. The molecule has 4 heteroatoms. The number of ether oxygens (including phenoxy) is 2. The lowest BCUT2D eigenvalue weighted by Crippen LogP contribution is -2.11. The van der Waals surface area contributed by atoms with E-state index >= 15 is 0 Å². The average Bonchev–Trinajstić information content (AvgIpc) is 2.43. The van der Waals surface area contributed by atoms with Gasteiger partial charge in [-0.1, -0.05) is 25.5 Å². The molecule has 1 aromatic rings. The first-order valence-electron chi connectivity index (χ1n) is 7.46. The van der Waals surface area contributed by atoms with Gasteiger partial charge in [0.25, 0.3) is 0 Å². The third-order valence-electron chi connectivity index (χ3n) is 3.09. The quantitative estimate of drug-likeness (QED) is 0.416. The summed E-state index contributed by atoms with van der Waals surface area (Å²) in [6.07, 6.45) is 2.80. The molecule has 0 aromatic heterocycles. The van der Waals surface area contributed by atoms with Crippen molar-refractivity contribution in [3.63, 3.8) is 0 Å². The predicted molar refractivity (Wildman–Crippen MR) is 81.3 cm³/mol. The summed E-state index contributed by atoms with van der Waals surface area (Å²) in [7, 11) is 0. The number of hydrogen-bond acceptors (Lipinski definition) is 4. The minimum atomic E-state index is -0.315. The molecule has 116 valence electrons. The van der Waals surface area contributed by atoms with Gasteiger partial charge in [-0.15, -0.1) is 0 Å². The number of carbonyl (C=O) groups excluding carboxylic acids is 2. The Kier molecular flexibility index (Phi) is 7.51. The highest BCUT2D eigenvalue weighted by molar-refractivity contribution is 5.74. The Bertz CT molecular complexity index is 480. The molecule has 1 rings (SSSR count). The fourth-order valence-electron chi connectivity index (χ4n) is 1.77. The Labute approximate surface area is 126 Å². The van der Waals surface area contributed by atoms with E-state index in [0.717, 1.165) is 24.0 Å². The van der Waals surface area contributed by atoms with E-state index in [-0.39, 0.29) is 24.8 Å². The van der Waals surface area contributed by atoms with Gasteiger partial charge in [0.2, 0.25) is 0 Å². The van der Waals surface area contributed by atoms with Crippen LogP contribution in [0, 0.1) is 13.8 Å². The van der Waals surface area contributed by atoms with Crippen LogP contribution in [-0.4, -0.2) is 18.5 Å². The third kappa shape index (κ3) is 6.93. The number of rotatable bonds is 8. The van der Waals surface area contributed by atoms with Gasteiger partial charge in [0.05, 0.1) is 6.61 Å². The fourth-order valence-corrected chi connectivity index (χ4v) is 1.77. The van der Waals surface area contributed by atoms with E-state index in [1.807, 2.05) is 39.0 Å². The second-order valence-corrected chi connectivity index (χ2v) is 5.17. The second kappa shape index (κ2) is 9.16. The van der Waals surface area contributed by atoms with Gasteiger partial charge in [0, 0.05) is 12.8 Å². The van der Waals surface area contributed by atoms with E-state index in [2.05, 4.69) is 0 Å². The molecule has 0 saturated heterocycles. The molecular formula is C17H24O4. The van der Waals surface area contributed by atoms with Crippen LogP contribution in [-0.2, 0) is 14.3 Å². The van der Waals surface area contributed by atoms with Crippen molar-refractivity contribution in [1.82, 2.24) is 0 Å². The van der Waals surface area contributed by atoms with Gasteiger partial charge >= 0.3 is 11.9 Å². The molecule has 0 amide bonds. The number of unbranched alkanes of at least 4 members (excludes halogenated alkanes) is 1. The van der Waals surface area contributed by atoms with Gasteiger partial charge in [0.15, 0.2) is 0 Å². The van der Waals surface area contributed by atoms with Crippen molar-refractivity contribution in [3.8, 4) is 5.75 Å². The lowest BCUT2D eigenvalue weighted by Gasteiger charge is -2.08. The molecule has 0 spiro atoms. The number of hydrogen-bond donors (Lipinski definition) is 0. The van der Waals surface area contributed by atoms with Gasteiger partial charge < -0.3 is 9.47 Å². The molecule has 0 N–H and O–H groups in total. The first-order chi connectivity index (χ1) is 10.0. The van der Waals surface area contributed by atoms with Crippen molar-refractivity contribution >= 4 is 11.9 Å². The summed E-state index contributed by atoms with van der Waals surface area (Å²) in [5.41, 5.74) is 1.97. The van der Waals surface area contributed by atoms with E-state index in [1.54, 1.807) is 0 Å². The molecule has 0 atom stereocenters. The maximum atomic E-state index is 11.7. The van der Waals surface area contributed by atoms with Crippen LogP contribution < -0.4 is 4.74 Å². The molecule has 4 nitrogen and oxygen atoms in total. The zero-order valence-corrected chi connectivity index (χ0v) is 13.1. The van der Waals surface area contributed by atoms with E-state index < -0.39 is 0 Å². The molecule has 0 aliphatic carbocycles. The van der Waals surface area contributed by atoms with Gasteiger partial charge in [-0.2, -0.15) is 0 Å². The maximum absolute atomic E-state index is 11.7. The smallest absolute Gasteiger partial charge is 0.311 e. The van der Waals surface area contributed by atoms with E-state index in [1.165, 1.54) is 0 Å². The van der Waals surface area contributed by atoms with Crippen molar-refractivity contribution in [3.05, 3.63) is 29.3 Å². The topological polar surface area (TPSA) is 52.6 Å². The molecule has 1 aromatic carbocycles. The summed E-state index contributed by atoms with van der Waals surface area (Å²) in [5.74, 6) is 0.0265. The van der Waals surface area contributed by atoms with Gasteiger partial charge in [-0.05, 0) is 43.9 Å². The van der Waals surface area contributed by atoms with Crippen LogP contribution in [0.1, 0.15) is 50.2 Å². The van der Waals surface area contributed by atoms with Gasteiger partial charge in [-0.25, -0.2) is 0 Å². The van der Waals surface area contributed by atoms with Crippen molar-refractivity contribution < 1.29 is 19.1 Å². The normalized spacial score (nSPS) is 10.2. The fraction of sp³-hybridized carbons (Fsp3) is 0.529. The Morgan fingerprint density at radius 1 is 1.05 bits per heavy atom. The molecule has 0 bridgehead atoms. The minimum Gasteiger partial charge on any atom is -0.466 e. The largest absolute Gasteiger partial charge is 0.466 e. The van der Waals surface area contributed by atoms with Crippen LogP contribution in [0.3, 0.4) is 0 Å². The monoisotopic (exact) mass is 292 g/mol. The molecular weight excluding hydrogens is 268 g/mol. The summed E-state index contributed by atoms with van der Waals surface area (Å²) in [6, 6.07) is 5.73. The zero-order chi connectivity index (χ0) is 15.7. The van der Waals surface area contributed by atoms with Crippen LogP contribution in [0.5, 0.6) is 5.75 Å². The average molecular weight is 292 g/mol. The minimum absolute atomic E-state index is 0.219. The molecule has 0 fully saturated rings. The zero-order valence-electron chi connectivity index (χ0n) is 13.1. The summed E-state index contributed by atoms with van der Waals surface area (Å²) in [4.78, 5) is 23.1. The van der Waals surface area contributed by atoms with Crippen molar-refractivity contribution in [1.29, 1.82) is 0 Å². The standard InChI is InChI=1S/C17H24O4/c1-4-5-11-20-16(18)7-6-8-17(19)21-15-12-13(2)9-10-14(15)3/h9-10,12H,4-8,11H2,1-3H3. The first kappa shape index (κ1) is 17.2. The third-order valence-corrected chi connectivity index (χ3v) is 3.09. The Morgan fingerprint density at radius 3 is 2.48 bits per heavy atom. The van der Waals surface area contributed by atoms with E-state index in [9.17, 15) is 9.59 Å². The summed E-state index contributed by atoms with van der Waals surface area (Å²) < 4.78 is 10.3. The Morgan fingerprint density at radius 2 is 1.76 bits per heavy atom. The van der Waals surface area contributed by atoms with Crippen LogP contribution in [0.25, 0.3) is 0 Å². The van der Waals surface area contributed by atoms with E-state index in [0.29, 0.717) is 18.8 Å². The van der Waals surface area contributed by atoms with E-state index in [4.69, 9.17) is 9.47 Å². The Hall–Kier alpha value is -1.84. The van der Waals surface area contributed by atoms with Crippen molar-refractivity contribution in [2.24, 2.45) is 0 Å². The molecule has 0 aliphatic heterocycles. The maximum Gasteiger partial charge on any atom is 0.311 e. The lowest BCUT2D eigenvalue weighted by molar-refractivity contribution is -0.144. The second-order valence-electron chi connectivity index (χ2n) is 5.17. The van der Waals surface area contributed by atoms with Crippen LogP contribution in [0.15, 0.2) is 18.2 Å². The van der Waals surface area contributed by atoms with Crippen molar-refractivity contribution in [2.45, 2.75) is 52.9 Å². The molecule has 0 unspecified atom stereocenters. The number of carbonyl (C=O) groups is 2. The number of esters is 2. The summed E-state index contributed by atoms with van der Waals surface area (Å²) >= 11 is 0. The Balaban J connectivity index is 2.28. The van der Waals surface area contributed by atoms with Crippen LogP contribution >= 0.6 is 0 Å². The summed E-state index contributed by atoms with van der Waals surface area (Å²) in [6.45, 7) is 6.34. The number of aryl methyl sites for hydroxylation is 2. The van der Waals surface area contributed by atoms with Crippen LogP contribution in [0.4, 0.5) is 0 Å². The highest BCUT2D eigenvalue weighted by atomic mass is 16.5. The summed E-state index contributed by atoms with van der Waals surface area (Å²) in [5, 5.41) is 0. The first-order valence-corrected chi connectivity index (χ1v) is 7.46. The van der Waals surface area contributed by atoms with Gasteiger partial charge in [0.1, 0.15) is 5.75 Å². The lowest BCUT2D eigenvalue weighted by atomic mass is 10.1. The molecule has 0 radical (unpaired) electrons. The highest BCUT2D eigenvalue weighted by Crippen LogP contribution is 2.19. The molecule has 0 aliphatic rings. The van der Waals surface area contributed by atoms with Crippen LogP contribution in [0.2, 0.25) is 0 Å². The van der Waals surface area contributed by atoms with Crippen molar-refractivity contribution in [2.75, 3.05) is 6.61 Å². The molecule has 0 saturated carbocycles.